The summed E-state index contributed by atoms with van der Waals surface area (Å²) in [6.45, 7) is 1.78. The van der Waals surface area contributed by atoms with Crippen LogP contribution in [-0.2, 0) is 9.53 Å². The average molecular weight is 252 g/mol. The molecule has 0 bridgehead atoms. The highest BCUT2D eigenvalue weighted by molar-refractivity contribution is 5.70. The van der Waals surface area contributed by atoms with E-state index in [0.29, 0.717) is 6.42 Å². The zero-order valence-corrected chi connectivity index (χ0v) is 9.41. The standard InChI is InChI=1S/C11H15F3O3/c1-5-2-7-8(10(15)16)3-6(11(12,13)14)4-9(7)17-5/h5-9H,2-4H2,1H3,(H,15,16)/t5-,6-,7+,8+,9+/m1/s1. The quantitative estimate of drug-likeness (QED) is 0.779. The van der Waals surface area contributed by atoms with Gasteiger partial charge in [0.05, 0.1) is 24.0 Å². The lowest BCUT2D eigenvalue weighted by Gasteiger charge is -2.36. The van der Waals surface area contributed by atoms with Crippen molar-refractivity contribution in [2.45, 2.75) is 44.6 Å². The molecule has 1 saturated heterocycles. The van der Waals surface area contributed by atoms with Crippen molar-refractivity contribution < 1.29 is 27.8 Å². The van der Waals surface area contributed by atoms with Crippen LogP contribution in [0.15, 0.2) is 0 Å². The summed E-state index contributed by atoms with van der Waals surface area (Å²) in [7, 11) is 0. The third-order valence-electron chi connectivity index (χ3n) is 3.84. The molecule has 98 valence electrons. The van der Waals surface area contributed by atoms with Crippen LogP contribution in [0.1, 0.15) is 26.2 Å². The third-order valence-corrected chi connectivity index (χ3v) is 3.84. The molecule has 6 heteroatoms. The van der Waals surface area contributed by atoms with Gasteiger partial charge in [-0.05, 0) is 26.2 Å². The Balaban J connectivity index is 2.18. The van der Waals surface area contributed by atoms with E-state index in [4.69, 9.17) is 9.84 Å². The molecule has 17 heavy (non-hydrogen) atoms. The summed E-state index contributed by atoms with van der Waals surface area (Å²) in [6.07, 6.45) is -4.87. The monoisotopic (exact) mass is 252 g/mol. The molecule has 5 atom stereocenters. The summed E-state index contributed by atoms with van der Waals surface area (Å²) in [4.78, 5) is 11.1. The van der Waals surface area contributed by atoms with E-state index < -0.39 is 30.1 Å². The normalized spacial score (nSPS) is 42.2. The van der Waals surface area contributed by atoms with Gasteiger partial charge in [0.15, 0.2) is 0 Å². The summed E-state index contributed by atoms with van der Waals surface area (Å²) in [5.74, 6) is -3.87. The number of fused-ring (bicyclic) bond motifs is 1. The highest BCUT2D eigenvalue weighted by Crippen LogP contribution is 2.48. The number of hydrogen-bond acceptors (Lipinski definition) is 2. The molecule has 1 aliphatic carbocycles. The highest BCUT2D eigenvalue weighted by atomic mass is 19.4. The summed E-state index contributed by atoms with van der Waals surface area (Å²) in [5, 5.41) is 9.03. The van der Waals surface area contributed by atoms with Crippen molar-refractivity contribution >= 4 is 5.97 Å². The fourth-order valence-electron chi connectivity index (χ4n) is 3.05. The Morgan fingerprint density at radius 2 is 1.94 bits per heavy atom. The van der Waals surface area contributed by atoms with Crippen LogP contribution in [-0.4, -0.2) is 29.5 Å². The smallest absolute Gasteiger partial charge is 0.391 e. The molecule has 2 rings (SSSR count). The minimum atomic E-state index is -4.33. The predicted molar refractivity (Wildman–Crippen MR) is 52.3 cm³/mol. The van der Waals surface area contributed by atoms with Crippen LogP contribution in [0.5, 0.6) is 0 Å². The molecule has 0 unspecified atom stereocenters. The predicted octanol–water partition coefficient (Wildman–Crippen LogP) is 2.45. The molecule has 1 saturated carbocycles. The second kappa shape index (κ2) is 4.15. The fourth-order valence-corrected chi connectivity index (χ4v) is 3.05. The first-order chi connectivity index (χ1) is 7.79. The number of hydrogen-bond donors (Lipinski definition) is 1. The lowest BCUT2D eigenvalue weighted by atomic mass is 9.71. The molecule has 2 aliphatic rings. The summed E-state index contributed by atoms with van der Waals surface area (Å²) in [5.41, 5.74) is 0. The highest BCUT2D eigenvalue weighted by Gasteiger charge is 2.53. The Bertz CT molecular complexity index is 316. The molecule has 1 N–H and O–H groups in total. The number of carboxylic acid groups (broad SMARTS) is 1. The Hall–Kier alpha value is -0.780. The molecule has 0 spiro atoms. The zero-order valence-electron chi connectivity index (χ0n) is 9.41. The first-order valence-electron chi connectivity index (χ1n) is 5.74. The molecule has 3 nitrogen and oxygen atoms in total. The van der Waals surface area contributed by atoms with Crippen molar-refractivity contribution in [1.29, 1.82) is 0 Å². The van der Waals surface area contributed by atoms with E-state index in [1.165, 1.54) is 0 Å². The van der Waals surface area contributed by atoms with Crippen molar-refractivity contribution in [1.82, 2.24) is 0 Å². The van der Waals surface area contributed by atoms with Gasteiger partial charge >= 0.3 is 12.1 Å². The van der Waals surface area contributed by atoms with Crippen LogP contribution in [0, 0.1) is 17.8 Å². The Morgan fingerprint density at radius 3 is 2.47 bits per heavy atom. The van der Waals surface area contributed by atoms with Crippen LogP contribution in [0.25, 0.3) is 0 Å². The van der Waals surface area contributed by atoms with Crippen LogP contribution in [0.2, 0.25) is 0 Å². The summed E-state index contributed by atoms with van der Waals surface area (Å²) in [6, 6.07) is 0. The maximum Gasteiger partial charge on any atom is 0.391 e. The van der Waals surface area contributed by atoms with Crippen molar-refractivity contribution in [3.8, 4) is 0 Å². The van der Waals surface area contributed by atoms with Gasteiger partial charge in [0.1, 0.15) is 0 Å². The van der Waals surface area contributed by atoms with Gasteiger partial charge in [0, 0.05) is 5.92 Å². The number of halogens is 3. The van der Waals surface area contributed by atoms with E-state index in [1.807, 2.05) is 0 Å². The number of alkyl halides is 3. The minimum absolute atomic E-state index is 0.0950. The van der Waals surface area contributed by atoms with E-state index in [2.05, 4.69) is 0 Å². The number of rotatable bonds is 1. The van der Waals surface area contributed by atoms with Crippen molar-refractivity contribution in [2.75, 3.05) is 0 Å². The molecule has 0 aromatic rings. The Labute approximate surface area is 96.9 Å². The minimum Gasteiger partial charge on any atom is -0.481 e. The molecule has 0 radical (unpaired) electrons. The second-order valence-electron chi connectivity index (χ2n) is 5.04. The number of aliphatic carboxylic acids is 1. The first-order valence-corrected chi connectivity index (χ1v) is 5.74. The Morgan fingerprint density at radius 1 is 1.29 bits per heavy atom. The molecular formula is C11H15F3O3. The molecule has 0 amide bonds. The van der Waals surface area contributed by atoms with Gasteiger partial charge in [-0.3, -0.25) is 4.79 Å². The number of carbonyl (C=O) groups is 1. The van der Waals surface area contributed by atoms with Gasteiger partial charge in [-0.15, -0.1) is 0 Å². The summed E-state index contributed by atoms with van der Waals surface area (Å²) < 4.78 is 43.5. The average Bonchev–Trinajstić information content (AvgIpc) is 2.54. The maximum atomic E-state index is 12.7. The van der Waals surface area contributed by atoms with E-state index in [0.717, 1.165) is 0 Å². The largest absolute Gasteiger partial charge is 0.481 e. The van der Waals surface area contributed by atoms with Gasteiger partial charge in [0.2, 0.25) is 0 Å². The second-order valence-corrected chi connectivity index (χ2v) is 5.04. The SMILES string of the molecule is C[C@@H]1C[C@@H]2[C@H](C[C@H](C(F)(F)F)C[C@@H]2C(=O)O)O1. The molecule has 0 aromatic heterocycles. The maximum absolute atomic E-state index is 12.7. The van der Waals surface area contributed by atoms with Crippen LogP contribution < -0.4 is 0 Å². The van der Waals surface area contributed by atoms with E-state index in [9.17, 15) is 18.0 Å². The van der Waals surface area contributed by atoms with Crippen molar-refractivity contribution in [2.24, 2.45) is 17.8 Å². The fraction of sp³-hybridized carbons (Fsp3) is 0.909. The molecule has 0 aromatic carbocycles. The summed E-state index contributed by atoms with van der Waals surface area (Å²) >= 11 is 0. The van der Waals surface area contributed by atoms with Gasteiger partial charge in [-0.1, -0.05) is 0 Å². The Kier molecular flexibility index (Phi) is 3.10. The number of carboxylic acids is 1. The molecule has 2 fully saturated rings. The van der Waals surface area contributed by atoms with Crippen LogP contribution >= 0.6 is 0 Å². The number of ether oxygens (including phenoxy) is 1. The lowest BCUT2D eigenvalue weighted by molar-refractivity contribution is -0.201. The topological polar surface area (TPSA) is 46.5 Å². The van der Waals surface area contributed by atoms with E-state index >= 15 is 0 Å². The van der Waals surface area contributed by atoms with Crippen molar-refractivity contribution in [3.05, 3.63) is 0 Å². The molecule has 1 aliphatic heterocycles. The van der Waals surface area contributed by atoms with Crippen LogP contribution in [0.4, 0.5) is 13.2 Å². The van der Waals surface area contributed by atoms with Gasteiger partial charge in [-0.25, -0.2) is 0 Å². The molecular weight excluding hydrogens is 237 g/mol. The zero-order chi connectivity index (χ0) is 12.8. The van der Waals surface area contributed by atoms with Crippen LogP contribution in [0.3, 0.4) is 0 Å². The van der Waals surface area contributed by atoms with Gasteiger partial charge in [0.25, 0.3) is 0 Å². The third kappa shape index (κ3) is 2.41. The van der Waals surface area contributed by atoms with E-state index in [-0.39, 0.29) is 24.9 Å². The van der Waals surface area contributed by atoms with E-state index in [1.54, 1.807) is 6.92 Å². The molecule has 1 heterocycles. The first kappa shape index (κ1) is 12.7. The lowest BCUT2D eigenvalue weighted by Crippen LogP contribution is -2.42. The van der Waals surface area contributed by atoms with Crippen molar-refractivity contribution in [3.63, 3.8) is 0 Å². The van der Waals surface area contributed by atoms with Gasteiger partial charge < -0.3 is 9.84 Å². The van der Waals surface area contributed by atoms with Gasteiger partial charge in [-0.2, -0.15) is 13.2 Å².